The summed E-state index contributed by atoms with van der Waals surface area (Å²) in [5.74, 6) is -0.773. The number of quaternary nitrogens is 1. The minimum absolute atomic E-state index is 0.183. The van der Waals surface area contributed by atoms with Crippen LogP contribution in [-0.4, -0.2) is 49.3 Å². The molecule has 5 nitrogen and oxygen atoms in total. The number of halogens is 3. The van der Waals surface area contributed by atoms with Crippen molar-refractivity contribution in [3.8, 4) is 0 Å². The quantitative estimate of drug-likeness (QED) is 0.785. The molecule has 2 N–H and O–H groups in total. The van der Waals surface area contributed by atoms with Crippen LogP contribution in [0.1, 0.15) is 28.0 Å². The van der Waals surface area contributed by atoms with E-state index in [0.29, 0.717) is 11.3 Å². The van der Waals surface area contributed by atoms with Gasteiger partial charge in [0.25, 0.3) is 5.56 Å². The molecular weight excluding hydrogens is 313 g/mol. The van der Waals surface area contributed by atoms with Gasteiger partial charge in [0.1, 0.15) is 13.1 Å². The first-order valence-electron chi connectivity index (χ1n) is 7.43. The average Bonchev–Trinajstić information content (AvgIpc) is 2.43. The van der Waals surface area contributed by atoms with Crippen LogP contribution in [0.4, 0.5) is 13.2 Å². The second kappa shape index (κ2) is 6.84. The molecule has 1 aliphatic heterocycles. The summed E-state index contributed by atoms with van der Waals surface area (Å²) in [7, 11) is 0. The summed E-state index contributed by atoms with van der Waals surface area (Å²) in [5.41, 5.74) is 0.146. The van der Waals surface area contributed by atoms with Crippen LogP contribution >= 0.6 is 0 Å². The van der Waals surface area contributed by atoms with E-state index in [1.165, 1.54) is 0 Å². The minimum atomic E-state index is -4.51. The van der Waals surface area contributed by atoms with E-state index in [0.717, 1.165) is 0 Å². The van der Waals surface area contributed by atoms with Crippen molar-refractivity contribution in [1.29, 1.82) is 0 Å². The van der Waals surface area contributed by atoms with E-state index < -0.39 is 30.0 Å². The number of aromatic nitrogens is 1. The molecule has 1 fully saturated rings. The summed E-state index contributed by atoms with van der Waals surface area (Å²) in [6, 6.07) is -0.238. The molecule has 2 heterocycles. The van der Waals surface area contributed by atoms with Gasteiger partial charge >= 0.3 is 6.18 Å². The Labute approximate surface area is 131 Å². The molecule has 0 amide bonds. The lowest BCUT2D eigenvalue weighted by molar-refractivity contribution is -0.943. The van der Waals surface area contributed by atoms with Crippen molar-refractivity contribution in [2.45, 2.75) is 32.5 Å². The van der Waals surface area contributed by atoms with Crippen LogP contribution < -0.4 is 10.5 Å². The maximum atomic E-state index is 13.3. The molecule has 0 saturated carbocycles. The molecule has 1 atom stereocenters. The first kappa shape index (κ1) is 17.7. The molecule has 0 aliphatic carbocycles. The number of ether oxygens (including phenoxy) is 1. The van der Waals surface area contributed by atoms with E-state index in [2.05, 4.69) is 4.98 Å². The van der Waals surface area contributed by atoms with Crippen LogP contribution in [-0.2, 0) is 4.74 Å². The van der Waals surface area contributed by atoms with Crippen molar-refractivity contribution in [1.82, 2.24) is 4.98 Å². The molecule has 0 unspecified atom stereocenters. The lowest BCUT2D eigenvalue weighted by Crippen LogP contribution is -3.19. The predicted molar refractivity (Wildman–Crippen MR) is 76.8 cm³/mol. The largest absolute Gasteiger partial charge is 0.441 e. The van der Waals surface area contributed by atoms with Gasteiger partial charge < -0.3 is 14.6 Å². The van der Waals surface area contributed by atoms with Crippen LogP contribution in [0.25, 0.3) is 0 Å². The summed E-state index contributed by atoms with van der Waals surface area (Å²) < 4.78 is 45.1. The van der Waals surface area contributed by atoms with E-state index in [1.54, 1.807) is 19.9 Å². The zero-order valence-electron chi connectivity index (χ0n) is 13.0. The number of ketones is 1. The fourth-order valence-corrected chi connectivity index (χ4v) is 2.96. The minimum Gasteiger partial charge on any atom is -0.370 e. The van der Waals surface area contributed by atoms with Crippen molar-refractivity contribution in [2.75, 3.05) is 26.3 Å². The second-order valence-electron chi connectivity index (χ2n) is 5.83. The number of hydrogen-bond acceptors (Lipinski definition) is 3. The maximum Gasteiger partial charge on any atom is 0.441 e. The van der Waals surface area contributed by atoms with Gasteiger partial charge in [-0.25, -0.2) is 0 Å². The second-order valence-corrected chi connectivity index (χ2v) is 5.83. The molecule has 0 aromatic carbocycles. The number of H-pyrrole nitrogens is 1. The van der Waals surface area contributed by atoms with E-state index in [9.17, 15) is 22.8 Å². The monoisotopic (exact) mass is 333 g/mol. The van der Waals surface area contributed by atoms with Crippen molar-refractivity contribution in [3.05, 3.63) is 33.2 Å². The summed E-state index contributed by atoms with van der Waals surface area (Å²) in [6.07, 6.45) is -5.24. The van der Waals surface area contributed by atoms with E-state index in [4.69, 9.17) is 4.74 Å². The molecule has 0 bridgehead atoms. The fourth-order valence-electron chi connectivity index (χ4n) is 2.96. The van der Waals surface area contributed by atoms with Crippen LogP contribution in [0.3, 0.4) is 0 Å². The third kappa shape index (κ3) is 4.20. The van der Waals surface area contributed by atoms with E-state index in [1.807, 2.05) is 0 Å². The zero-order chi connectivity index (χ0) is 17.2. The molecular formula is C15H20F3N2O3+. The van der Waals surface area contributed by atoms with Crippen molar-refractivity contribution in [2.24, 2.45) is 0 Å². The zero-order valence-corrected chi connectivity index (χ0v) is 13.0. The molecule has 0 spiro atoms. The Bertz CT molecular complexity index is 634. The Balaban J connectivity index is 2.26. The summed E-state index contributed by atoms with van der Waals surface area (Å²) in [6.45, 7) is 4.07. The molecule has 8 heteroatoms. The highest BCUT2D eigenvalue weighted by Gasteiger charge is 2.49. The van der Waals surface area contributed by atoms with Crippen LogP contribution in [0.2, 0.25) is 0 Å². The molecule has 1 aromatic heterocycles. The Morgan fingerprint density at radius 3 is 2.48 bits per heavy atom. The highest BCUT2D eigenvalue weighted by atomic mass is 19.4. The van der Waals surface area contributed by atoms with Gasteiger partial charge in [-0.3, -0.25) is 9.59 Å². The SMILES string of the molecule is Cc1cc(C)c(C(=O)C[C@H]([NH+]2CCOCC2)C(F)(F)F)c(=O)[nH]1. The molecule has 23 heavy (non-hydrogen) atoms. The van der Waals surface area contributed by atoms with Crippen molar-refractivity contribution < 1.29 is 27.6 Å². The van der Waals surface area contributed by atoms with Gasteiger partial charge in [0.15, 0.2) is 11.8 Å². The number of carbonyl (C=O) groups is 1. The van der Waals surface area contributed by atoms with E-state index in [-0.39, 0.29) is 36.8 Å². The van der Waals surface area contributed by atoms with Crippen LogP contribution in [0.15, 0.2) is 10.9 Å². The lowest BCUT2D eigenvalue weighted by Gasteiger charge is -2.32. The molecule has 2 rings (SSSR count). The van der Waals surface area contributed by atoms with Crippen LogP contribution in [0.5, 0.6) is 0 Å². The maximum absolute atomic E-state index is 13.3. The fraction of sp³-hybridized carbons (Fsp3) is 0.600. The van der Waals surface area contributed by atoms with Gasteiger partial charge in [-0.05, 0) is 25.5 Å². The number of nitrogens with one attached hydrogen (secondary N) is 2. The third-order valence-electron chi connectivity index (χ3n) is 4.06. The number of alkyl halides is 3. The summed E-state index contributed by atoms with van der Waals surface area (Å²) in [4.78, 5) is 27.0. The Kier molecular flexibility index (Phi) is 5.26. The number of carbonyl (C=O) groups excluding carboxylic acids is 1. The Morgan fingerprint density at radius 2 is 1.96 bits per heavy atom. The van der Waals surface area contributed by atoms with Gasteiger partial charge in [0.2, 0.25) is 0 Å². The molecule has 1 aromatic rings. The highest BCUT2D eigenvalue weighted by molar-refractivity contribution is 5.97. The Hall–Kier alpha value is -1.67. The first-order chi connectivity index (χ1) is 10.7. The van der Waals surface area contributed by atoms with Crippen molar-refractivity contribution >= 4 is 5.78 Å². The predicted octanol–water partition coefficient (Wildman–Crippen LogP) is 0.411. The van der Waals surface area contributed by atoms with Crippen molar-refractivity contribution in [3.63, 3.8) is 0 Å². The molecule has 1 saturated heterocycles. The number of Topliss-reactive ketones (excluding diaryl/α,β-unsaturated/α-hetero) is 1. The number of rotatable bonds is 4. The van der Waals surface area contributed by atoms with Gasteiger partial charge in [-0.1, -0.05) is 0 Å². The van der Waals surface area contributed by atoms with Gasteiger partial charge in [0.05, 0.1) is 25.2 Å². The number of pyridine rings is 1. The topological polar surface area (TPSA) is 63.6 Å². The first-order valence-corrected chi connectivity index (χ1v) is 7.43. The number of hydrogen-bond donors (Lipinski definition) is 2. The lowest BCUT2D eigenvalue weighted by atomic mass is 9.99. The van der Waals surface area contributed by atoms with Gasteiger partial charge in [-0.15, -0.1) is 0 Å². The number of aryl methyl sites for hydroxylation is 2. The average molecular weight is 333 g/mol. The smallest absolute Gasteiger partial charge is 0.370 e. The summed E-state index contributed by atoms with van der Waals surface area (Å²) >= 11 is 0. The Morgan fingerprint density at radius 1 is 1.35 bits per heavy atom. The van der Waals surface area contributed by atoms with Gasteiger partial charge in [-0.2, -0.15) is 13.2 Å². The number of aromatic amines is 1. The number of morpholine rings is 1. The van der Waals surface area contributed by atoms with E-state index >= 15 is 0 Å². The normalized spacial score (nSPS) is 18.0. The summed E-state index contributed by atoms with van der Waals surface area (Å²) in [5, 5.41) is 0. The van der Waals surface area contributed by atoms with Gasteiger partial charge in [0, 0.05) is 5.69 Å². The highest BCUT2D eigenvalue weighted by Crippen LogP contribution is 2.22. The molecule has 128 valence electrons. The van der Waals surface area contributed by atoms with Crippen LogP contribution in [0, 0.1) is 13.8 Å². The molecule has 0 radical (unpaired) electrons. The third-order valence-corrected chi connectivity index (χ3v) is 4.06. The molecule has 1 aliphatic rings. The standard InChI is InChI=1S/C15H19F3N2O3/c1-9-7-10(2)19-14(22)13(9)11(21)8-12(15(16,17)18)20-3-5-23-6-4-20/h7,12H,3-6,8H2,1-2H3,(H,19,22)/p+1/t12-/m0/s1.